The lowest BCUT2D eigenvalue weighted by Gasteiger charge is -2.02. The normalized spacial score (nSPS) is 12.9. The summed E-state index contributed by atoms with van der Waals surface area (Å²) in [7, 11) is 1.60. The van der Waals surface area contributed by atoms with Crippen LogP contribution in [0.1, 0.15) is 12.0 Å². The van der Waals surface area contributed by atoms with Crippen LogP contribution in [-0.2, 0) is 14.3 Å². The number of fused-ring (bicyclic) bond motifs is 1. The summed E-state index contributed by atoms with van der Waals surface area (Å²) in [5.41, 5.74) is 0.744. The van der Waals surface area contributed by atoms with Crippen molar-refractivity contribution in [3.63, 3.8) is 0 Å². The second-order valence-corrected chi connectivity index (χ2v) is 4.49. The summed E-state index contributed by atoms with van der Waals surface area (Å²) < 4.78 is 20.3. The zero-order chi connectivity index (χ0) is 14.4. The number of esters is 1. The number of halogens is 1. The van der Waals surface area contributed by atoms with Gasteiger partial charge in [0.15, 0.2) is 11.5 Å². The van der Waals surface area contributed by atoms with Gasteiger partial charge < -0.3 is 18.9 Å². The van der Waals surface area contributed by atoms with E-state index in [0.29, 0.717) is 36.2 Å². The first-order chi connectivity index (χ1) is 9.70. The maximum absolute atomic E-state index is 11.5. The van der Waals surface area contributed by atoms with Gasteiger partial charge in [0.05, 0.1) is 11.6 Å². The molecule has 0 unspecified atom stereocenters. The molecule has 0 spiro atoms. The third-order valence-electron chi connectivity index (χ3n) is 2.60. The van der Waals surface area contributed by atoms with Gasteiger partial charge in [0, 0.05) is 26.2 Å². The van der Waals surface area contributed by atoms with E-state index < -0.39 is 5.97 Å². The standard InChI is InChI=1S/C14H15ClO5/c1-17-5-2-6-18-13(16)4-3-10-7-11(15)14-12(8-10)19-9-20-14/h3-4,7-8H,2,5-6,9H2,1H3/b4-3+. The first kappa shape index (κ1) is 14.7. The van der Waals surface area contributed by atoms with Crippen LogP contribution < -0.4 is 9.47 Å². The number of carbonyl (C=O) groups excluding carboxylic acids is 1. The van der Waals surface area contributed by atoms with E-state index in [1.165, 1.54) is 6.08 Å². The van der Waals surface area contributed by atoms with E-state index >= 15 is 0 Å². The van der Waals surface area contributed by atoms with E-state index in [4.69, 9.17) is 30.5 Å². The lowest BCUT2D eigenvalue weighted by Crippen LogP contribution is -2.04. The summed E-state index contributed by atoms with van der Waals surface area (Å²) in [5, 5.41) is 0.452. The molecule has 6 heteroatoms. The Kier molecular flexibility index (Phi) is 5.26. The van der Waals surface area contributed by atoms with Gasteiger partial charge in [-0.3, -0.25) is 0 Å². The molecule has 20 heavy (non-hydrogen) atoms. The molecule has 0 amide bonds. The average Bonchev–Trinajstić information content (AvgIpc) is 2.90. The van der Waals surface area contributed by atoms with Crippen LogP contribution in [0.4, 0.5) is 0 Å². The average molecular weight is 299 g/mol. The van der Waals surface area contributed by atoms with Crippen LogP contribution in [-0.4, -0.2) is 33.1 Å². The van der Waals surface area contributed by atoms with Crippen molar-refractivity contribution in [1.29, 1.82) is 0 Å². The SMILES string of the molecule is COCCCOC(=O)/C=C/c1cc(Cl)c2c(c1)OCO2. The van der Waals surface area contributed by atoms with Crippen molar-refractivity contribution in [3.8, 4) is 11.5 Å². The maximum atomic E-state index is 11.5. The number of benzene rings is 1. The molecule has 5 nitrogen and oxygen atoms in total. The topological polar surface area (TPSA) is 54.0 Å². The molecule has 0 N–H and O–H groups in total. The largest absolute Gasteiger partial charge is 0.462 e. The number of hydrogen-bond acceptors (Lipinski definition) is 5. The molecule has 1 aliphatic rings. The fourth-order valence-electron chi connectivity index (χ4n) is 1.67. The smallest absolute Gasteiger partial charge is 0.330 e. The third kappa shape index (κ3) is 3.88. The van der Waals surface area contributed by atoms with Gasteiger partial charge in [-0.2, -0.15) is 0 Å². The van der Waals surface area contributed by atoms with Crippen molar-refractivity contribution in [3.05, 3.63) is 28.8 Å². The Bertz CT molecular complexity index is 513. The van der Waals surface area contributed by atoms with Crippen molar-refractivity contribution in [2.75, 3.05) is 27.1 Å². The lowest BCUT2D eigenvalue weighted by atomic mass is 10.2. The molecular weight excluding hydrogens is 284 g/mol. The Morgan fingerprint density at radius 3 is 3.05 bits per heavy atom. The van der Waals surface area contributed by atoms with Crippen molar-refractivity contribution >= 4 is 23.6 Å². The van der Waals surface area contributed by atoms with Crippen molar-refractivity contribution < 1.29 is 23.7 Å². The lowest BCUT2D eigenvalue weighted by molar-refractivity contribution is -0.138. The third-order valence-corrected chi connectivity index (χ3v) is 2.88. The number of ether oxygens (including phenoxy) is 4. The van der Waals surface area contributed by atoms with Gasteiger partial charge in [-0.15, -0.1) is 0 Å². The van der Waals surface area contributed by atoms with Crippen LogP contribution in [0.5, 0.6) is 11.5 Å². The Hall–Kier alpha value is -1.72. The Balaban J connectivity index is 1.91. The van der Waals surface area contributed by atoms with Gasteiger partial charge >= 0.3 is 5.97 Å². The molecular formula is C14H15ClO5. The van der Waals surface area contributed by atoms with Crippen LogP contribution >= 0.6 is 11.6 Å². The number of hydrogen-bond donors (Lipinski definition) is 0. The second-order valence-electron chi connectivity index (χ2n) is 4.08. The second kappa shape index (κ2) is 7.17. The van der Waals surface area contributed by atoms with E-state index in [2.05, 4.69) is 0 Å². The minimum Gasteiger partial charge on any atom is -0.462 e. The minimum atomic E-state index is -0.408. The van der Waals surface area contributed by atoms with Crippen LogP contribution in [0.3, 0.4) is 0 Å². The molecule has 1 aliphatic heterocycles. The predicted molar refractivity (Wildman–Crippen MR) is 74.1 cm³/mol. The summed E-state index contributed by atoms with van der Waals surface area (Å²) in [6.07, 6.45) is 3.64. The summed E-state index contributed by atoms with van der Waals surface area (Å²) in [6.45, 7) is 1.05. The molecule has 0 bridgehead atoms. The molecule has 1 aromatic carbocycles. The Morgan fingerprint density at radius 1 is 1.40 bits per heavy atom. The molecule has 0 fully saturated rings. The number of methoxy groups -OCH3 is 1. The van der Waals surface area contributed by atoms with Gasteiger partial charge in [-0.25, -0.2) is 4.79 Å². The van der Waals surface area contributed by atoms with Crippen LogP contribution in [0.2, 0.25) is 5.02 Å². The zero-order valence-corrected chi connectivity index (χ0v) is 11.8. The highest BCUT2D eigenvalue weighted by molar-refractivity contribution is 6.32. The Morgan fingerprint density at radius 2 is 2.25 bits per heavy atom. The van der Waals surface area contributed by atoms with E-state index in [0.717, 1.165) is 5.56 Å². The quantitative estimate of drug-likeness (QED) is 0.459. The van der Waals surface area contributed by atoms with E-state index in [-0.39, 0.29) is 6.79 Å². The van der Waals surface area contributed by atoms with E-state index in [1.54, 1.807) is 25.3 Å². The molecule has 2 rings (SSSR count). The number of rotatable bonds is 6. The van der Waals surface area contributed by atoms with E-state index in [1.807, 2.05) is 0 Å². The molecule has 1 heterocycles. The summed E-state index contributed by atoms with van der Waals surface area (Å²) in [5.74, 6) is 0.700. The van der Waals surface area contributed by atoms with Gasteiger partial charge in [0.25, 0.3) is 0 Å². The highest BCUT2D eigenvalue weighted by Crippen LogP contribution is 2.39. The molecule has 1 aromatic rings. The highest BCUT2D eigenvalue weighted by atomic mass is 35.5. The fourth-order valence-corrected chi connectivity index (χ4v) is 1.95. The first-order valence-corrected chi connectivity index (χ1v) is 6.51. The molecule has 108 valence electrons. The van der Waals surface area contributed by atoms with Gasteiger partial charge in [-0.1, -0.05) is 11.6 Å². The monoisotopic (exact) mass is 298 g/mol. The minimum absolute atomic E-state index is 0.157. The molecule has 0 aliphatic carbocycles. The van der Waals surface area contributed by atoms with Crippen LogP contribution in [0.15, 0.2) is 18.2 Å². The maximum Gasteiger partial charge on any atom is 0.330 e. The van der Waals surface area contributed by atoms with E-state index in [9.17, 15) is 4.79 Å². The summed E-state index contributed by atoms with van der Waals surface area (Å²) >= 11 is 6.04. The molecule has 0 saturated heterocycles. The molecule has 0 saturated carbocycles. The zero-order valence-electron chi connectivity index (χ0n) is 11.1. The molecule has 0 atom stereocenters. The van der Waals surface area contributed by atoms with Crippen LogP contribution in [0.25, 0.3) is 6.08 Å². The van der Waals surface area contributed by atoms with Crippen molar-refractivity contribution in [2.24, 2.45) is 0 Å². The Labute approximate surface area is 122 Å². The predicted octanol–water partition coefficient (Wildman–Crippen LogP) is 2.66. The van der Waals surface area contributed by atoms with Crippen molar-refractivity contribution in [1.82, 2.24) is 0 Å². The fraction of sp³-hybridized carbons (Fsp3) is 0.357. The molecule has 0 radical (unpaired) electrons. The van der Waals surface area contributed by atoms with Gasteiger partial charge in [0.2, 0.25) is 6.79 Å². The van der Waals surface area contributed by atoms with Crippen molar-refractivity contribution in [2.45, 2.75) is 6.42 Å². The molecule has 0 aromatic heterocycles. The number of carbonyl (C=O) groups is 1. The van der Waals surface area contributed by atoms with Gasteiger partial charge in [0.1, 0.15) is 0 Å². The summed E-state index contributed by atoms with van der Waals surface area (Å²) in [6, 6.07) is 3.45. The highest BCUT2D eigenvalue weighted by Gasteiger charge is 2.17. The van der Waals surface area contributed by atoms with Crippen LogP contribution in [0, 0.1) is 0 Å². The summed E-state index contributed by atoms with van der Waals surface area (Å²) in [4.78, 5) is 11.5. The van der Waals surface area contributed by atoms with Gasteiger partial charge in [-0.05, 0) is 23.8 Å². The first-order valence-electron chi connectivity index (χ1n) is 6.13.